The van der Waals surface area contributed by atoms with Crippen molar-refractivity contribution >= 4 is 11.8 Å². The zero-order chi connectivity index (χ0) is 13.4. The summed E-state index contributed by atoms with van der Waals surface area (Å²) >= 11 is 0. The molecule has 0 bridgehead atoms. The van der Waals surface area contributed by atoms with Crippen molar-refractivity contribution in [1.29, 1.82) is 0 Å². The second kappa shape index (κ2) is 7.27. The van der Waals surface area contributed by atoms with E-state index < -0.39 is 6.04 Å². The van der Waals surface area contributed by atoms with Crippen molar-refractivity contribution in [2.45, 2.75) is 19.4 Å². The molecule has 1 aromatic rings. The third-order valence-electron chi connectivity index (χ3n) is 2.40. The topological polar surface area (TPSA) is 58.2 Å². The number of amides is 2. The third kappa shape index (κ3) is 4.82. The summed E-state index contributed by atoms with van der Waals surface area (Å²) in [5.74, 6) is -0.418. The highest BCUT2D eigenvalue weighted by atomic mass is 16.2. The van der Waals surface area contributed by atoms with Gasteiger partial charge in [0.15, 0.2) is 0 Å². The highest BCUT2D eigenvalue weighted by Crippen LogP contribution is 2.03. The highest BCUT2D eigenvalue weighted by Gasteiger charge is 2.18. The van der Waals surface area contributed by atoms with Crippen LogP contribution in [0.2, 0.25) is 0 Å². The van der Waals surface area contributed by atoms with Crippen molar-refractivity contribution in [3.05, 3.63) is 48.6 Å². The summed E-state index contributed by atoms with van der Waals surface area (Å²) < 4.78 is 0. The van der Waals surface area contributed by atoms with Gasteiger partial charge < -0.3 is 10.6 Å². The zero-order valence-electron chi connectivity index (χ0n) is 10.5. The fraction of sp³-hybridized carbons (Fsp3) is 0.286. The molecule has 0 unspecified atom stereocenters. The van der Waals surface area contributed by atoms with E-state index in [2.05, 4.69) is 17.2 Å². The van der Waals surface area contributed by atoms with Crippen molar-refractivity contribution in [3.8, 4) is 0 Å². The second-order valence-corrected chi connectivity index (χ2v) is 3.98. The van der Waals surface area contributed by atoms with Crippen LogP contribution in [-0.4, -0.2) is 24.4 Å². The molecule has 0 saturated carbocycles. The molecule has 0 spiro atoms. The minimum absolute atomic E-state index is 0.200. The first kappa shape index (κ1) is 14.0. The summed E-state index contributed by atoms with van der Waals surface area (Å²) in [6.07, 6.45) is 2.08. The molecule has 2 N–H and O–H groups in total. The molecule has 0 fully saturated rings. The number of carbonyl (C=O) groups is 2. The molecule has 0 heterocycles. The average Bonchev–Trinajstić information content (AvgIpc) is 2.36. The zero-order valence-corrected chi connectivity index (χ0v) is 10.5. The quantitative estimate of drug-likeness (QED) is 0.737. The van der Waals surface area contributed by atoms with Crippen molar-refractivity contribution in [1.82, 2.24) is 10.6 Å². The Morgan fingerprint density at radius 2 is 2.00 bits per heavy atom. The van der Waals surface area contributed by atoms with Crippen LogP contribution in [0.1, 0.15) is 12.5 Å². The molecular weight excluding hydrogens is 228 g/mol. The normalized spacial score (nSPS) is 11.4. The van der Waals surface area contributed by atoms with Crippen LogP contribution in [0.5, 0.6) is 0 Å². The maximum Gasteiger partial charge on any atom is 0.243 e. The molecule has 0 aliphatic heterocycles. The third-order valence-corrected chi connectivity index (χ3v) is 2.40. The fourth-order valence-electron chi connectivity index (χ4n) is 1.60. The van der Waals surface area contributed by atoms with Crippen molar-refractivity contribution in [2.24, 2.45) is 0 Å². The number of benzene rings is 1. The lowest BCUT2D eigenvalue weighted by Gasteiger charge is -2.17. The molecule has 2 amide bonds. The lowest BCUT2D eigenvalue weighted by molar-refractivity contribution is -0.127. The van der Waals surface area contributed by atoms with E-state index in [0.29, 0.717) is 13.0 Å². The summed E-state index contributed by atoms with van der Waals surface area (Å²) in [4.78, 5) is 23.0. The molecule has 0 aromatic heterocycles. The molecule has 18 heavy (non-hydrogen) atoms. The van der Waals surface area contributed by atoms with E-state index >= 15 is 0 Å². The van der Waals surface area contributed by atoms with E-state index in [-0.39, 0.29) is 11.8 Å². The van der Waals surface area contributed by atoms with Gasteiger partial charge in [-0.1, -0.05) is 36.4 Å². The second-order valence-electron chi connectivity index (χ2n) is 3.98. The monoisotopic (exact) mass is 246 g/mol. The van der Waals surface area contributed by atoms with Crippen molar-refractivity contribution in [3.63, 3.8) is 0 Å². The minimum Gasteiger partial charge on any atom is -0.351 e. The lowest BCUT2D eigenvalue weighted by atomic mass is 10.1. The fourth-order valence-corrected chi connectivity index (χ4v) is 1.60. The molecule has 96 valence electrons. The van der Waals surface area contributed by atoms with Gasteiger partial charge in [-0.25, -0.2) is 0 Å². The van der Waals surface area contributed by atoms with Crippen molar-refractivity contribution in [2.75, 3.05) is 6.54 Å². The first-order chi connectivity index (χ1) is 8.63. The van der Waals surface area contributed by atoms with Crippen LogP contribution in [0.25, 0.3) is 0 Å². The molecule has 4 nitrogen and oxygen atoms in total. The van der Waals surface area contributed by atoms with Crippen LogP contribution < -0.4 is 10.6 Å². The Balaban J connectivity index is 2.68. The van der Waals surface area contributed by atoms with Crippen LogP contribution in [0.3, 0.4) is 0 Å². The van der Waals surface area contributed by atoms with Gasteiger partial charge in [-0.15, -0.1) is 6.58 Å². The number of rotatable bonds is 6. The van der Waals surface area contributed by atoms with Crippen molar-refractivity contribution < 1.29 is 9.59 Å². The van der Waals surface area contributed by atoms with E-state index in [9.17, 15) is 9.59 Å². The Labute approximate surface area is 107 Å². The van der Waals surface area contributed by atoms with E-state index in [1.807, 2.05) is 30.3 Å². The Hall–Kier alpha value is -2.10. The number of hydrogen-bond acceptors (Lipinski definition) is 2. The van der Waals surface area contributed by atoms with Gasteiger partial charge in [-0.05, 0) is 5.56 Å². The number of hydrogen-bond donors (Lipinski definition) is 2. The van der Waals surface area contributed by atoms with Gasteiger partial charge in [0.25, 0.3) is 0 Å². The molecule has 0 radical (unpaired) electrons. The summed E-state index contributed by atoms with van der Waals surface area (Å²) in [6, 6.07) is 9.02. The first-order valence-electron chi connectivity index (χ1n) is 5.83. The predicted molar refractivity (Wildman–Crippen MR) is 71.0 cm³/mol. The SMILES string of the molecule is C=CCNC(=O)[C@H](Cc1ccccc1)NC(C)=O. The first-order valence-corrected chi connectivity index (χ1v) is 5.83. The highest BCUT2D eigenvalue weighted by molar-refractivity contribution is 5.87. The number of carbonyl (C=O) groups excluding carboxylic acids is 2. The molecule has 1 atom stereocenters. The van der Waals surface area contributed by atoms with E-state index in [4.69, 9.17) is 0 Å². The predicted octanol–water partition coefficient (Wildman–Crippen LogP) is 1.04. The van der Waals surface area contributed by atoms with E-state index in [0.717, 1.165) is 5.56 Å². The number of nitrogens with one attached hydrogen (secondary N) is 2. The molecule has 0 saturated heterocycles. The Morgan fingerprint density at radius 3 is 2.56 bits per heavy atom. The average molecular weight is 246 g/mol. The van der Waals surface area contributed by atoms with E-state index in [1.54, 1.807) is 6.08 Å². The van der Waals surface area contributed by atoms with Crippen LogP contribution in [-0.2, 0) is 16.0 Å². The lowest BCUT2D eigenvalue weighted by Crippen LogP contribution is -2.47. The molecule has 1 aromatic carbocycles. The van der Waals surface area contributed by atoms with Gasteiger partial charge in [0.2, 0.25) is 11.8 Å². The van der Waals surface area contributed by atoms with Gasteiger partial charge in [-0.2, -0.15) is 0 Å². The summed E-state index contributed by atoms with van der Waals surface area (Å²) in [5, 5.41) is 5.34. The maximum atomic E-state index is 11.9. The van der Waals surface area contributed by atoms with E-state index in [1.165, 1.54) is 6.92 Å². The van der Waals surface area contributed by atoms with Gasteiger partial charge in [0.1, 0.15) is 6.04 Å². The Kier molecular flexibility index (Phi) is 5.64. The summed E-state index contributed by atoms with van der Waals surface area (Å²) in [5.41, 5.74) is 1.00. The van der Waals surface area contributed by atoms with Crippen LogP contribution in [0.4, 0.5) is 0 Å². The van der Waals surface area contributed by atoms with Crippen LogP contribution in [0.15, 0.2) is 43.0 Å². The van der Waals surface area contributed by atoms with Gasteiger partial charge in [0.05, 0.1) is 0 Å². The summed E-state index contributed by atoms with van der Waals surface area (Å²) in [6.45, 7) is 5.33. The molecule has 4 heteroatoms. The maximum absolute atomic E-state index is 11.9. The Morgan fingerprint density at radius 1 is 1.33 bits per heavy atom. The molecule has 0 aliphatic rings. The molecular formula is C14H18N2O2. The largest absolute Gasteiger partial charge is 0.351 e. The van der Waals surface area contributed by atoms with Gasteiger partial charge >= 0.3 is 0 Å². The van der Waals surface area contributed by atoms with Crippen LogP contribution in [0, 0.1) is 0 Å². The van der Waals surface area contributed by atoms with Gasteiger partial charge in [-0.3, -0.25) is 9.59 Å². The minimum atomic E-state index is -0.551. The summed E-state index contributed by atoms with van der Waals surface area (Å²) in [7, 11) is 0. The Bertz CT molecular complexity index is 415. The molecule has 1 rings (SSSR count). The molecule has 0 aliphatic carbocycles. The standard InChI is InChI=1S/C14H18N2O2/c1-3-9-15-14(18)13(16-11(2)17)10-12-7-5-4-6-8-12/h3-8,13H,1,9-10H2,2H3,(H,15,18)(H,16,17)/t13-/m0/s1. The smallest absolute Gasteiger partial charge is 0.243 e. The van der Waals surface area contributed by atoms with Crippen LogP contribution >= 0.6 is 0 Å². The van der Waals surface area contributed by atoms with Gasteiger partial charge in [0, 0.05) is 19.9 Å².